The fourth-order valence-corrected chi connectivity index (χ4v) is 7.25. The number of nitro groups is 1. The molecule has 6 nitrogen and oxygen atoms in total. The highest BCUT2D eigenvalue weighted by Crippen LogP contribution is 2.58. The molecule has 2 N–H and O–H groups in total. The third-order valence-electron chi connectivity index (χ3n) is 6.71. The summed E-state index contributed by atoms with van der Waals surface area (Å²) >= 11 is 8.52. The van der Waals surface area contributed by atoms with Gasteiger partial charge in [-0.2, -0.15) is 0 Å². The smallest absolute Gasteiger partial charge is 0.282 e. The fourth-order valence-electron chi connectivity index (χ4n) is 5.30. The van der Waals surface area contributed by atoms with Crippen molar-refractivity contribution in [1.29, 1.82) is 0 Å². The van der Waals surface area contributed by atoms with E-state index in [2.05, 4.69) is 10.6 Å². The van der Waals surface area contributed by atoms with Crippen LogP contribution in [0.2, 0.25) is 0 Å². The molecule has 3 aromatic rings. The van der Waals surface area contributed by atoms with E-state index >= 15 is 0 Å². The number of thioether (sulfide) groups is 1. The molecule has 180 valence electrons. The molecule has 1 amide bonds. The summed E-state index contributed by atoms with van der Waals surface area (Å²) in [7, 11) is 0. The second kappa shape index (κ2) is 9.51. The summed E-state index contributed by atoms with van der Waals surface area (Å²) in [5.41, 5.74) is 3.09. The molecule has 5 atom stereocenters. The summed E-state index contributed by atoms with van der Waals surface area (Å²) in [6, 6.07) is 18.7. The molecule has 1 saturated carbocycles. The van der Waals surface area contributed by atoms with E-state index in [-0.39, 0.29) is 50.8 Å². The number of hydrogen-bond donors (Lipinski definition) is 2. The number of nitrogens with zero attached hydrogens (tertiary/aromatic N) is 1. The number of rotatable bonds is 5. The summed E-state index contributed by atoms with van der Waals surface area (Å²) in [4.78, 5) is 23.4. The number of halogens is 2. The number of hydrogen-bond acceptors (Lipinski definition) is 5. The molecule has 1 heterocycles. The fraction of sp³-hybridized carbons (Fsp3) is 0.269. The molecule has 9 heteroatoms. The summed E-state index contributed by atoms with van der Waals surface area (Å²) in [6.07, 6.45) is 0.644. The molecule has 1 aliphatic heterocycles. The van der Waals surface area contributed by atoms with Crippen molar-refractivity contribution in [3.8, 4) is 0 Å². The third kappa shape index (κ3) is 4.48. The van der Waals surface area contributed by atoms with Crippen molar-refractivity contribution < 1.29 is 14.1 Å². The SMILES string of the molecule is CC(=O)Nc1ccc2c(c1)C1C(Cl)C(Sc3ccccc3[N+](=O)[O-])CC1C(c1ccccc1F)N2. The normalized spacial score (nSPS) is 24.7. The lowest BCUT2D eigenvalue weighted by atomic mass is 9.77. The molecule has 0 saturated heterocycles. The molecule has 1 aliphatic carbocycles. The van der Waals surface area contributed by atoms with Gasteiger partial charge in [-0.25, -0.2) is 4.39 Å². The molecule has 5 rings (SSSR count). The second-order valence-electron chi connectivity index (χ2n) is 8.88. The molecule has 0 spiro atoms. The van der Waals surface area contributed by atoms with Crippen molar-refractivity contribution in [3.05, 3.63) is 93.8 Å². The zero-order valence-corrected chi connectivity index (χ0v) is 20.4. The zero-order chi connectivity index (χ0) is 24.7. The van der Waals surface area contributed by atoms with E-state index in [1.54, 1.807) is 30.3 Å². The van der Waals surface area contributed by atoms with Crippen molar-refractivity contribution >= 4 is 46.3 Å². The highest BCUT2D eigenvalue weighted by Gasteiger charge is 2.50. The predicted molar refractivity (Wildman–Crippen MR) is 137 cm³/mol. The van der Waals surface area contributed by atoms with Crippen molar-refractivity contribution in [2.75, 3.05) is 10.6 Å². The minimum atomic E-state index is -0.383. The Bertz CT molecular complexity index is 1310. The number of amides is 1. The Morgan fingerprint density at radius 1 is 1.14 bits per heavy atom. The van der Waals surface area contributed by atoms with Crippen LogP contribution in [0, 0.1) is 21.8 Å². The number of carbonyl (C=O) groups is 1. The first-order chi connectivity index (χ1) is 16.8. The van der Waals surface area contributed by atoms with Gasteiger partial charge in [-0.3, -0.25) is 14.9 Å². The molecular weight excluding hydrogens is 489 g/mol. The highest BCUT2D eigenvalue weighted by atomic mass is 35.5. The lowest BCUT2D eigenvalue weighted by Crippen LogP contribution is -2.31. The summed E-state index contributed by atoms with van der Waals surface area (Å²) < 4.78 is 14.9. The molecular formula is C26H23ClFN3O3S. The highest BCUT2D eigenvalue weighted by molar-refractivity contribution is 8.00. The predicted octanol–water partition coefficient (Wildman–Crippen LogP) is 6.73. The Kier molecular flexibility index (Phi) is 6.42. The van der Waals surface area contributed by atoms with E-state index in [4.69, 9.17) is 11.6 Å². The van der Waals surface area contributed by atoms with E-state index in [1.165, 1.54) is 30.8 Å². The van der Waals surface area contributed by atoms with E-state index in [0.717, 1.165) is 11.3 Å². The molecule has 35 heavy (non-hydrogen) atoms. The quantitative estimate of drug-likeness (QED) is 0.225. The Morgan fingerprint density at radius 3 is 2.63 bits per heavy atom. The van der Waals surface area contributed by atoms with Crippen molar-refractivity contribution in [1.82, 2.24) is 0 Å². The Morgan fingerprint density at radius 2 is 1.89 bits per heavy atom. The van der Waals surface area contributed by atoms with Crippen LogP contribution in [0.3, 0.4) is 0 Å². The summed E-state index contributed by atoms with van der Waals surface area (Å²) in [5.74, 6) is -0.641. The van der Waals surface area contributed by atoms with Crippen LogP contribution in [0.1, 0.15) is 36.4 Å². The van der Waals surface area contributed by atoms with Gasteiger partial charge >= 0.3 is 0 Å². The second-order valence-corrected chi connectivity index (χ2v) is 10.7. The van der Waals surface area contributed by atoms with Gasteiger partial charge in [-0.1, -0.05) is 30.3 Å². The molecule has 3 aromatic carbocycles. The average Bonchev–Trinajstić information content (AvgIpc) is 3.15. The molecule has 0 radical (unpaired) electrons. The number of para-hydroxylation sites is 1. The van der Waals surface area contributed by atoms with Crippen LogP contribution in [0.25, 0.3) is 0 Å². The average molecular weight is 512 g/mol. The summed E-state index contributed by atoms with van der Waals surface area (Å²) in [6.45, 7) is 1.45. The van der Waals surface area contributed by atoms with E-state index in [1.807, 2.05) is 24.3 Å². The van der Waals surface area contributed by atoms with Gasteiger partial charge in [0.1, 0.15) is 5.82 Å². The van der Waals surface area contributed by atoms with Crippen molar-refractivity contribution in [2.45, 2.75) is 40.8 Å². The van der Waals surface area contributed by atoms with Gasteiger partial charge < -0.3 is 10.6 Å². The van der Waals surface area contributed by atoms with Crippen LogP contribution in [0.5, 0.6) is 0 Å². The number of carbonyl (C=O) groups excluding carboxylic acids is 1. The van der Waals surface area contributed by atoms with Gasteiger partial charge in [-0.15, -0.1) is 23.4 Å². The zero-order valence-electron chi connectivity index (χ0n) is 18.8. The van der Waals surface area contributed by atoms with E-state index in [9.17, 15) is 19.3 Å². The van der Waals surface area contributed by atoms with E-state index in [0.29, 0.717) is 22.6 Å². The first-order valence-electron chi connectivity index (χ1n) is 11.3. The lowest BCUT2D eigenvalue weighted by Gasteiger charge is -2.38. The van der Waals surface area contributed by atoms with Gasteiger partial charge in [0, 0.05) is 41.1 Å². The number of fused-ring (bicyclic) bond motifs is 3. The topological polar surface area (TPSA) is 84.3 Å². The number of nitro benzene ring substituents is 1. The van der Waals surface area contributed by atoms with Gasteiger partial charge in [-0.05, 0) is 48.2 Å². The van der Waals surface area contributed by atoms with Gasteiger partial charge in [0.05, 0.1) is 21.2 Å². The summed E-state index contributed by atoms with van der Waals surface area (Å²) in [5, 5.41) is 17.4. The maximum absolute atomic E-state index is 14.9. The minimum Gasteiger partial charge on any atom is -0.378 e. The largest absolute Gasteiger partial charge is 0.378 e. The Balaban J connectivity index is 1.56. The molecule has 2 aliphatic rings. The number of anilines is 2. The van der Waals surface area contributed by atoms with Crippen LogP contribution in [-0.2, 0) is 4.79 Å². The van der Waals surface area contributed by atoms with Gasteiger partial charge in [0.15, 0.2) is 0 Å². The molecule has 1 fully saturated rings. The number of alkyl halides is 1. The van der Waals surface area contributed by atoms with Gasteiger partial charge in [0.25, 0.3) is 5.69 Å². The Labute approximate surface area is 211 Å². The number of nitrogens with one attached hydrogen (secondary N) is 2. The van der Waals surface area contributed by atoms with Crippen LogP contribution < -0.4 is 10.6 Å². The molecule has 0 aromatic heterocycles. The monoisotopic (exact) mass is 511 g/mol. The maximum atomic E-state index is 14.9. The lowest BCUT2D eigenvalue weighted by molar-refractivity contribution is -0.387. The molecule has 5 unspecified atom stereocenters. The maximum Gasteiger partial charge on any atom is 0.282 e. The van der Waals surface area contributed by atoms with Crippen molar-refractivity contribution in [2.24, 2.45) is 5.92 Å². The Hall–Kier alpha value is -3.10. The van der Waals surface area contributed by atoms with Crippen LogP contribution in [-0.4, -0.2) is 21.5 Å². The molecule has 0 bridgehead atoms. The third-order valence-corrected chi connectivity index (χ3v) is 8.83. The van der Waals surface area contributed by atoms with Crippen LogP contribution in [0.15, 0.2) is 71.6 Å². The van der Waals surface area contributed by atoms with Crippen LogP contribution >= 0.6 is 23.4 Å². The standard InChI is InChI=1S/C26H23ClFN3O3S/c1-14(32)29-15-10-11-20-17(12-15)24-18(26(30-20)16-6-2-3-7-19(16)28)13-23(25(24)27)35-22-9-5-4-8-21(22)31(33)34/h2-12,18,23-26,30H,13H2,1H3,(H,29,32). The van der Waals surface area contributed by atoms with Crippen LogP contribution in [0.4, 0.5) is 21.5 Å². The van der Waals surface area contributed by atoms with Crippen molar-refractivity contribution in [3.63, 3.8) is 0 Å². The number of benzene rings is 3. The first-order valence-corrected chi connectivity index (χ1v) is 12.6. The van der Waals surface area contributed by atoms with E-state index < -0.39 is 0 Å². The first kappa shape index (κ1) is 23.6. The van der Waals surface area contributed by atoms with Gasteiger partial charge in [0.2, 0.25) is 5.91 Å². The minimum absolute atomic E-state index is 0.0465.